The van der Waals surface area contributed by atoms with Crippen molar-refractivity contribution in [3.8, 4) is 0 Å². The predicted octanol–water partition coefficient (Wildman–Crippen LogP) is 6.00. The molecule has 3 aromatic carbocycles. The average Bonchev–Trinajstić information content (AvgIpc) is 3.21. The Labute approximate surface area is 191 Å². The molecule has 0 aliphatic carbocycles. The van der Waals surface area contributed by atoms with Gasteiger partial charge in [-0.2, -0.15) is 0 Å². The fourth-order valence-electron chi connectivity index (χ4n) is 3.56. The van der Waals surface area contributed by atoms with Crippen LogP contribution in [0.1, 0.15) is 24.2 Å². The summed E-state index contributed by atoms with van der Waals surface area (Å²) in [7, 11) is 0. The van der Waals surface area contributed by atoms with Gasteiger partial charge < -0.3 is 4.90 Å². The summed E-state index contributed by atoms with van der Waals surface area (Å²) < 4.78 is 15.0. The number of aromatic nitrogens is 1. The Morgan fingerprint density at radius 2 is 1.71 bits per heavy atom. The first-order chi connectivity index (χ1) is 14.6. The molecule has 162 valence electrons. The first kappa shape index (κ1) is 23.1. The lowest BCUT2D eigenvalue weighted by Gasteiger charge is -2.24. The number of thiazole rings is 1. The van der Waals surface area contributed by atoms with Crippen LogP contribution >= 0.6 is 23.7 Å². The number of hydrogen-bond donors (Lipinski definition) is 0. The molecule has 1 heterocycles. The molecular weight excluding hydrogens is 433 g/mol. The van der Waals surface area contributed by atoms with E-state index in [2.05, 4.69) is 23.7 Å². The number of carbonyl (C=O) groups excluding carboxylic acids is 1. The molecule has 0 aliphatic heterocycles. The highest BCUT2D eigenvalue weighted by Crippen LogP contribution is 2.31. The number of benzene rings is 3. The first-order valence-corrected chi connectivity index (χ1v) is 11.0. The van der Waals surface area contributed by atoms with Crippen LogP contribution < -0.4 is 4.90 Å². The minimum Gasteiger partial charge on any atom is -0.302 e. The third kappa shape index (κ3) is 4.87. The van der Waals surface area contributed by atoms with Crippen LogP contribution in [0.15, 0.2) is 60.7 Å². The second-order valence-electron chi connectivity index (χ2n) is 7.13. The van der Waals surface area contributed by atoms with Gasteiger partial charge in [0, 0.05) is 18.7 Å². The molecule has 4 aromatic rings. The van der Waals surface area contributed by atoms with Gasteiger partial charge in [0.15, 0.2) is 5.13 Å². The lowest BCUT2D eigenvalue weighted by Crippen LogP contribution is -2.38. The number of fused-ring (bicyclic) bond motifs is 2. The molecule has 4 nitrogen and oxygen atoms in total. The van der Waals surface area contributed by atoms with Crippen molar-refractivity contribution < 1.29 is 9.18 Å². The van der Waals surface area contributed by atoms with Crippen LogP contribution in [0.25, 0.3) is 21.0 Å². The van der Waals surface area contributed by atoms with E-state index in [9.17, 15) is 9.18 Å². The Balaban J connectivity index is 0.00000272. The number of likely N-dealkylation sites (N-methyl/N-ethyl adjacent to an activating group) is 1. The van der Waals surface area contributed by atoms with E-state index in [1.807, 2.05) is 48.5 Å². The summed E-state index contributed by atoms with van der Waals surface area (Å²) in [6.07, 6.45) is 0. The Hall–Kier alpha value is -2.54. The number of anilines is 1. The van der Waals surface area contributed by atoms with Crippen molar-refractivity contribution in [2.45, 2.75) is 13.8 Å². The SMILES string of the molecule is CCN(CC)CCN(C(=O)c1ccc2ccccc2c1)c1nc2c(F)cccc2s1.Cl. The van der Waals surface area contributed by atoms with Crippen molar-refractivity contribution in [3.63, 3.8) is 0 Å². The zero-order valence-corrected chi connectivity index (χ0v) is 19.2. The van der Waals surface area contributed by atoms with E-state index in [1.165, 1.54) is 17.4 Å². The predicted molar refractivity (Wildman–Crippen MR) is 130 cm³/mol. The summed E-state index contributed by atoms with van der Waals surface area (Å²) in [6, 6.07) is 18.6. The maximum Gasteiger partial charge on any atom is 0.260 e. The number of nitrogens with zero attached hydrogens (tertiary/aromatic N) is 3. The maximum atomic E-state index is 14.2. The molecule has 0 N–H and O–H groups in total. The minimum atomic E-state index is -0.364. The fourth-order valence-corrected chi connectivity index (χ4v) is 4.57. The summed E-state index contributed by atoms with van der Waals surface area (Å²) >= 11 is 1.35. The summed E-state index contributed by atoms with van der Waals surface area (Å²) in [6.45, 7) is 7.24. The lowest BCUT2D eigenvalue weighted by molar-refractivity contribution is 0.0984. The van der Waals surface area contributed by atoms with Crippen LogP contribution in [0.5, 0.6) is 0 Å². The van der Waals surface area contributed by atoms with E-state index in [4.69, 9.17) is 0 Å². The second-order valence-corrected chi connectivity index (χ2v) is 8.14. The zero-order valence-electron chi connectivity index (χ0n) is 17.5. The molecule has 0 radical (unpaired) electrons. The number of carbonyl (C=O) groups is 1. The second kappa shape index (κ2) is 10.2. The Kier molecular flexibility index (Phi) is 7.59. The van der Waals surface area contributed by atoms with Gasteiger partial charge in [0.1, 0.15) is 11.3 Å². The molecule has 0 bridgehead atoms. The molecule has 0 fully saturated rings. The number of para-hydroxylation sites is 1. The third-order valence-electron chi connectivity index (χ3n) is 5.37. The highest BCUT2D eigenvalue weighted by atomic mass is 35.5. The van der Waals surface area contributed by atoms with Crippen molar-refractivity contribution in [3.05, 3.63) is 72.0 Å². The van der Waals surface area contributed by atoms with Crippen LogP contribution in [0.2, 0.25) is 0 Å². The third-order valence-corrected chi connectivity index (χ3v) is 6.41. The molecular formula is C24H25ClFN3OS. The minimum absolute atomic E-state index is 0. The van der Waals surface area contributed by atoms with Crippen LogP contribution in [-0.4, -0.2) is 42.0 Å². The molecule has 0 unspecified atom stereocenters. The molecule has 0 saturated carbocycles. The van der Waals surface area contributed by atoms with Crippen molar-refractivity contribution in [2.24, 2.45) is 0 Å². The molecule has 7 heteroatoms. The van der Waals surface area contributed by atoms with Gasteiger partial charge in [-0.3, -0.25) is 9.69 Å². The van der Waals surface area contributed by atoms with Crippen LogP contribution in [0.4, 0.5) is 9.52 Å². The summed E-state index contributed by atoms with van der Waals surface area (Å²) in [5.74, 6) is -0.482. The normalized spacial score (nSPS) is 11.1. The van der Waals surface area contributed by atoms with Gasteiger partial charge in [-0.05, 0) is 48.1 Å². The van der Waals surface area contributed by atoms with Gasteiger partial charge >= 0.3 is 0 Å². The zero-order chi connectivity index (χ0) is 21.1. The van der Waals surface area contributed by atoms with Crippen molar-refractivity contribution in [1.82, 2.24) is 9.88 Å². The summed E-state index contributed by atoms with van der Waals surface area (Å²) in [4.78, 5) is 21.9. The van der Waals surface area contributed by atoms with Gasteiger partial charge in [-0.1, -0.05) is 61.6 Å². The molecule has 0 aliphatic rings. The van der Waals surface area contributed by atoms with Gasteiger partial charge in [-0.25, -0.2) is 9.37 Å². The number of amides is 1. The van der Waals surface area contributed by atoms with E-state index in [0.29, 0.717) is 22.8 Å². The molecule has 0 saturated heterocycles. The van der Waals surface area contributed by atoms with E-state index < -0.39 is 0 Å². The Morgan fingerprint density at radius 1 is 0.968 bits per heavy atom. The van der Waals surface area contributed by atoms with Gasteiger partial charge in [0.25, 0.3) is 5.91 Å². The van der Waals surface area contributed by atoms with Gasteiger partial charge in [0.2, 0.25) is 0 Å². The van der Waals surface area contributed by atoms with Gasteiger partial charge in [-0.15, -0.1) is 12.4 Å². The van der Waals surface area contributed by atoms with Crippen LogP contribution in [0.3, 0.4) is 0 Å². The lowest BCUT2D eigenvalue weighted by atomic mass is 10.1. The van der Waals surface area contributed by atoms with Crippen LogP contribution in [0, 0.1) is 5.82 Å². The molecule has 4 rings (SSSR count). The van der Waals surface area contributed by atoms with Crippen LogP contribution in [-0.2, 0) is 0 Å². The van der Waals surface area contributed by atoms with E-state index in [0.717, 1.165) is 35.1 Å². The first-order valence-electron chi connectivity index (χ1n) is 10.2. The Bertz CT molecular complexity index is 1190. The molecule has 0 atom stereocenters. The molecule has 31 heavy (non-hydrogen) atoms. The van der Waals surface area contributed by atoms with E-state index >= 15 is 0 Å². The standard InChI is InChI=1S/C24H24FN3OS.ClH/c1-3-27(4-2)14-15-28(24-26-22-20(25)10-7-11-21(22)30-24)23(29)19-13-12-17-8-5-6-9-18(17)16-19;/h5-13,16H,3-4,14-15H2,1-2H3;1H. The van der Waals surface area contributed by atoms with Gasteiger partial charge in [0.05, 0.1) is 4.70 Å². The Morgan fingerprint density at radius 3 is 2.42 bits per heavy atom. The van der Waals surface area contributed by atoms with E-state index in [1.54, 1.807) is 11.0 Å². The largest absolute Gasteiger partial charge is 0.302 e. The summed E-state index contributed by atoms with van der Waals surface area (Å²) in [5, 5.41) is 2.63. The number of rotatable bonds is 7. The summed E-state index contributed by atoms with van der Waals surface area (Å²) in [5.41, 5.74) is 0.921. The fraction of sp³-hybridized carbons (Fsp3) is 0.250. The number of hydrogen-bond acceptors (Lipinski definition) is 4. The molecule has 1 aromatic heterocycles. The average molecular weight is 458 g/mol. The van der Waals surface area contributed by atoms with Crippen molar-refractivity contribution in [2.75, 3.05) is 31.1 Å². The quantitative estimate of drug-likeness (QED) is 0.341. The molecule has 1 amide bonds. The van der Waals surface area contributed by atoms with Crippen molar-refractivity contribution >= 4 is 55.8 Å². The smallest absolute Gasteiger partial charge is 0.260 e. The highest BCUT2D eigenvalue weighted by Gasteiger charge is 2.23. The van der Waals surface area contributed by atoms with E-state index in [-0.39, 0.29) is 24.1 Å². The highest BCUT2D eigenvalue weighted by molar-refractivity contribution is 7.22. The topological polar surface area (TPSA) is 36.4 Å². The monoisotopic (exact) mass is 457 g/mol. The maximum absolute atomic E-state index is 14.2. The van der Waals surface area contributed by atoms with Crippen molar-refractivity contribution in [1.29, 1.82) is 0 Å². The molecule has 0 spiro atoms. The number of halogens is 2.